The van der Waals surface area contributed by atoms with E-state index < -0.39 is 20.6 Å². The SMILES string of the molecule is COc1c2c(cc(Nc3ccc(I)cc3F)c1NS(=O)(=O)C1(CCO)CC1)C(=O)NC2. The van der Waals surface area contributed by atoms with Crippen molar-refractivity contribution < 1.29 is 27.4 Å². The van der Waals surface area contributed by atoms with E-state index in [0.717, 1.165) is 0 Å². The summed E-state index contributed by atoms with van der Waals surface area (Å²) in [4.78, 5) is 12.3. The molecule has 1 heterocycles. The molecule has 1 aliphatic heterocycles. The fourth-order valence-electron chi connectivity index (χ4n) is 3.74. The maximum absolute atomic E-state index is 14.5. The first-order valence-corrected chi connectivity index (χ1v) is 12.1. The molecule has 0 saturated heterocycles. The maximum atomic E-state index is 14.5. The number of carbonyl (C=O) groups excluding carboxylic acids is 1. The number of hydrogen-bond acceptors (Lipinski definition) is 6. The van der Waals surface area contributed by atoms with Crippen molar-refractivity contribution in [1.29, 1.82) is 0 Å². The molecular weight excluding hydrogens is 540 g/mol. The number of methoxy groups -OCH3 is 1. The molecule has 0 spiro atoms. The average Bonchev–Trinajstić information content (AvgIpc) is 3.42. The van der Waals surface area contributed by atoms with Gasteiger partial charge in [-0.1, -0.05) is 0 Å². The topological polar surface area (TPSA) is 117 Å². The second-order valence-electron chi connectivity index (χ2n) is 7.55. The minimum atomic E-state index is -3.89. The van der Waals surface area contributed by atoms with Crippen LogP contribution in [0.3, 0.4) is 0 Å². The summed E-state index contributed by atoms with van der Waals surface area (Å²) in [5.41, 5.74) is 1.25. The summed E-state index contributed by atoms with van der Waals surface area (Å²) in [7, 11) is -2.51. The molecule has 1 aliphatic carbocycles. The molecule has 0 radical (unpaired) electrons. The van der Waals surface area contributed by atoms with Gasteiger partial charge in [-0.05, 0) is 66.1 Å². The van der Waals surface area contributed by atoms with Crippen molar-refractivity contribution in [2.45, 2.75) is 30.6 Å². The highest BCUT2D eigenvalue weighted by atomic mass is 127. The minimum Gasteiger partial charge on any atom is -0.494 e. The van der Waals surface area contributed by atoms with Crippen molar-refractivity contribution in [2.24, 2.45) is 0 Å². The lowest BCUT2D eigenvalue weighted by Gasteiger charge is -2.23. The summed E-state index contributed by atoms with van der Waals surface area (Å²) < 4.78 is 48.6. The lowest BCUT2D eigenvalue weighted by Crippen LogP contribution is -2.31. The van der Waals surface area contributed by atoms with E-state index in [1.54, 1.807) is 6.07 Å². The van der Waals surface area contributed by atoms with Crippen molar-refractivity contribution in [3.8, 4) is 5.75 Å². The Kier molecular flexibility index (Phi) is 5.77. The lowest BCUT2D eigenvalue weighted by molar-refractivity contribution is 0.0965. The highest BCUT2D eigenvalue weighted by Crippen LogP contribution is 2.49. The van der Waals surface area contributed by atoms with Gasteiger partial charge in [0.25, 0.3) is 5.91 Å². The fraction of sp³-hybridized carbons (Fsp3) is 0.350. The first kappa shape index (κ1) is 22.1. The van der Waals surface area contributed by atoms with E-state index >= 15 is 0 Å². The number of aliphatic hydroxyl groups excluding tert-OH is 1. The van der Waals surface area contributed by atoms with Gasteiger partial charge in [-0.2, -0.15) is 0 Å². The van der Waals surface area contributed by atoms with Gasteiger partial charge in [0.1, 0.15) is 11.5 Å². The largest absolute Gasteiger partial charge is 0.494 e. The molecule has 4 N–H and O–H groups in total. The Morgan fingerprint density at radius 2 is 2.03 bits per heavy atom. The number of sulfonamides is 1. The molecule has 2 aliphatic rings. The number of amides is 1. The molecule has 0 atom stereocenters. The van der Waals surface area contributed by atoms with Crippen molar-refractivity contribution in [1.82, 2.24) is 5.32 Å². The Labute approximate surface area is 192 Å². The van der Waals surface area contributed by atoms with Crippen LogP contribution in [0.4, 0.5) is 21.5 Å². The summed E-state index contributed by atoms with van der Waals surface area (Å²) in [6, 6.07) is 6.06. The summed E-state index contributed by atoms with van der Waals surface area (Å²) in [6.45, 7) is -0.0638. The number of fused-ring (bicyclic) bond motifs is 1. The van der Waals surface area contributed by atoms with E-state index in [9.17, 15) is 22.7 Å². The van der Waals surface area contributed by atoms with Crippen LogP contribution >= 0.6 is 22.6 Å². The van der Waals surface area contributed by atoms with E-state index in [0.29, 0.717) is 27.5 Å². The van der Waals surface area contributed by atoms with Gasteiger partial charge < -0.3 is 20.5 Å². The van der Waals surface area contributed by atoms with Crippen LogP contribution in [0.5, 0.6) is 5.75 Å². The van der Waals surface area contributed by atoms with Crippen LogP contribution in [0.1, 0.15) is 35.2 Å². The zero-order valence-corrected chi connectivity index (χ0v) is 19.6. The van der Waals surface area contributed by atoms with E-state index in [4.69, 9.17) is 4.74 Å². The predicted octanol–water partition coefficient (Wildman–Crippen LogP) is 3.08. The number of hydrogen-bond donors (Lipinski definition) is 4. The Morgan fingerprint density at radius 1 is 1.29 bits per heavy atom. The van der Waals surface area contributed by atoms with Crippen molar-refractivity contribution in [2.75, 3.05) is 23.8 Å². The Morgan fingerprint density at radius 3 is 2.65 bits per heavy atom. The molecule has 11 heteroatoms. The molecule has 1 amide bonds. The molecule has 1 fully saturated rings. The highest BCUT2D eigenvalue weighted by Gasteiger charge is 2.54. The first-order chi connectivity index (χ1) is 14.7. The third-order valence-electron chi connectivity index (χ3n) is 5.64. The van der Waals surface area contributed by atoms with E-state index in [1.165, 1.54) is 25.3 Å². The molecule has 0 bridgehead atoms. The van der Waals surface area contributed by atoms with Crippen molar-refractivity contribution in [3.63, 3.8) is 0 Å². The van der Waals surface area contributed by atoms with E-state index in [1.807, 2.05) is 22.6 Å². The van der Waals surface area contributed by atoms with Gasteiger partial charge in [0.2, 0.25) is 10.0 Å². The van der Waals surface area contributed by atoms with E-state index in [-0.39, 0.29) is 48.3 Å². The third kappa shape index (κ3) is 3.94. The third-order valence-corrected chi connectivity index (χ3v) is 8.54. The van der Waals surface area contributed by atoms with Crippen LogP contribution in [0.2, 0.25) is 0 Å². The summed E-state index contributed by atoms with van der Waals surface area (Å²) in [6.07, 6.45) is 0.986. The molecule has 8 nitrogen and oxygen atoms in total. The molecule has 31 heavy (non-hydrogen) atoms. The predicted molar refractivity (Wildman–Crippen MR) is 123 cm³/mol. The van der Waals surface area contributed by atoms with Crippen LogP contribution < -0.4 is 20.1 Å². The average molecular weight is 561 g/mol. The van der Waals surface area contributed by atoms with Crippen molar-refractivity contribution >= 4 is 55.6 Å². The number of anilines is 3. The standard InChI is InChI=1S/C20H21FIN3O5S/c1-30-18-13-10-23-19(27)12(13)9-16(24-15-3-2-11(22)8-14(15)21)17(18)25-31(28,29)20(4-5-20)6-7-26/h2-3,8-9,24-26H,4-7,10H2,1H3,(H,23,27). The number of nitrogens with one attached hydrogen (secondary N) is 3. The fourth-order valence-corrected chi connectivity index (χ4v) is 5.88. The summed E-state index contributed by atoms with van der Waals surface area (Å²) >= 11 is 1.99. The maximum Gasteiger partial charge on any atom is 0.252 e. The Balaban J connectivity index is 1.83. The van der Waals surface area contributed by atoms with Crippen LogP contribution in [0.25, 0.3) is 0 Å². The highest BCUT2D eigenvalue weighted by molar-refractivity contribution is 14.1. The summed E-state index contributed by atoms with van der Waals surface area (Å²) in [5, 5.41) is 14.9. The van der Waals surface area contributed by atoms with Gasteiger partial charge in [-0.3, -0.25) is 9.52 Å². The zero-order chi connectivity index (χ0) is 22.4. The van der Waals surface area contributed by atoms with E-state index in [2.05, 4.69) is 15.4 Å². The van der Waals surface area contributed by atoms with Gasteiger partial charge >= 0.3 is 0 Å². The number of carbonyl (C=O) groups is 1. The molecule has 2 aromatic carbocycles. The Bertz CT molecular complexity index is 1170. The van der Waals surface area contributed by atoms with Gasteiger partial charge in [0.15, 0.2) is 5.75 Å². The minimum absolute atomic E-state index is 0.0971. The quantitative estimate of drug-likeness (QED) is 0.369. The monoisotopic (exact) mass is 561 g/mol. The number of benzene rings is 2. The molecule has 166 valence electrons. The summed E-state index contributed by atoms with van der Waals surface area (Å²) in [5.74, 6) is -0.663. The molecule has 4 rings (SSSR count). The van der Waals surface area contributed by atoms with Gasteiger partial charge in [0.05, 0.1) is 28.8 Å². The number of rotatable bonds is 8. The molecule has 0 aromatic heterocycles. The van der Waals surface area contributed by atoms with Gasteiger partial charge in [0, 0.05) is 22.3 Å². The molecule has 2 aromatic rings. The molecule has 0 unspecified atom stereocenters. The van der Waals surface area contributed by atoms with Gasteiger partial charge in [-0.15, -0.1) is 0 Å². The van der Waals surface area contributed by atoms with Crippen LogP contribution in [-0.2, 0) is 16.6 Å². The lowest BCUT2D eigenvalue weighted by atomic mass is 10.1. The normalized spacial score (nSPS) is 16.5. The second kappa shape index (κ2) is 8.10. The first-order valence-electron chi connectivity index (χ1n) is 9.59. The van der Waals surface area contributed by atoms with Crippen LogP contribution in [0, 0.1) is 9.39 Å². The second-order valence-corrected chi connectivity index (χ2v) is 10.9. The molecular formula is C20H21FIN3O5S. The number of aliphatic hydroxyl groups is 1. The van der Waals surface area contributed by atoms with Crippen LogP contribution in [0.15, 0.2) is 24.3 Å². The molecule has 1 saturated carbocycles. The number of halogens is 2. The van der Waals surface area contributed by atoms with Crippen LogP contribution in [-0.4, -0.2) is 37.9 Å². The van der Waals surface area contributed by atoms with Crippen molar-refractivity contribution in [3.05, 3.63) is 44.8 Å². The Hall–Kier alpha value is -2.12. The van der Waals surface area contributed by atoms with Gasteiger partial charge in [-0.25, -0.2) is 12.8 Å². The zero-order valence-electron chi connectivity index (χ0n) is 16.6. The number of ether oxygens (including phenoxy) is 1. The smallest absolute Gasteiger partial charge is 0.252 e.